The Labute approximate surface area is 122 Å². The Kier molecular flexibility index (Phi) is 8.30. The molecule has 0 saturated heterocycles. The Hall–Kier alpha value is -1.07. The molecule has 0 fully saturated rings. The van der Waals surface area contributed by atoms with Crippen LogP contribution in [0, 0.1) is 0 Å². The number of unbranched alkanes of at least 4 members (excludes halogenated alkanes) is 4. The van der Waals surface area contributed by atoms with Crippen molar-refractivity contribution in [2.75, 3.05) is 7.11 Å². The molecule has 1 unspecified atom stereocenters. The third kappa shape index (κ3) is 4.80. The van der Waals surface area contributed by atoms with E-state index in [0.29, 0.717) is 0 Å². The van der Waals surface area contributed by atoms with Crippen LogP contribution >= 0.6 is 0 Å². The zero-order chi connectivity index (χ0) is 14.8. The van der Waals surface area contributed by atoms with Crippen molar-refractivity contribution in [2.24, 2.45) is 5.84 Å². The van der Waals surface area contributed by atoms with E-state index < -0.39 is 0 Å². The van der Waals surface area contributed by atoms with Crippen molar-refractivity contribution in [1.29, 1.82) is 0 Å². The molecule has 1 rings (SSSR count). The molecule has 0 amide bonds. The van der Waals surface area contributed by atoms with Crippen LogP contribution in [0.25, 0.3) is 0 Å². The number of rotatable bonds is 11. The van der Waals surface area contributed by atoms with Crippen LogP contribution in [0.2, 0.25) is 0 Å². The first-order chi connectivity index (χ1) is 9.78. The van der Waals surface area contributed by atoms with Crippen LogP contribution in [0.1, 0.15) is 70.5 Å². The number of nitrogens with zero attached hydrogens (tertiary/aromatic N) is 2. The lowest BCUT2D eigenvalue weighted by Gasteiger charge is -2.19. The summed E-state index contributed by atoms with van der Waals surface area (Å²) < 4.78 is 7.43. The highest BCUT2D eigenvalue weighted by atomic mass is 16.5. The van der Waals surface area contributed by atoms with E-state index in [4.69, 9.17) is 10.6 Å². The molecule has 20 heavy (non-hydrogen) atoms. The van der Waals surface area contributed by atoms with E-state index in [2.05, 4.69) is 24.4 Å². The zero-order valence-electron chi connectivity index (χ0n) is 13.2. The smallest absolute Gasteiger partial charge is 0.161 e. The predicted octanol–water partition coefficient (Wildman–Crippen LogP) is 3.17. The molecule has 1 aromatic heterocycles. The molecule has 0 bridgehead atoms. The van der Waals surface area contributed by atoms with Gasteiger partial charge in [-0.25, -0.2) is 0 Å². The first kappa shape index (κ1) is 17.0. The van der Waals surface area contributed by atoms with Crippen LogP contribution in [0.15, 0.2) is 6.20 Å². The van der Waals surface area contributed by atoms with Gasteiger partial charge in [-0.05, 0) is 12.8 Å². The van der Waals surface area contributed by atoms with E-state index >= 15 is 0 Å². The molecule has 5 heteroatoms. The SMILES string of the molecule is CCCCCCCC(NN)c1c(OC)cnn1CCC. The summed E-state index contributed by atoms with van der Waals surface area (Å²) in [6, 6.07) is 0.112. The Balaban J connectivity index is 2.65. The van der Waals surface area contributed by atoms with Gasteiger partial charge in [0.1, 0.15) is 0 Å². The molecule has 0 aliphatic carbocycles. The minimum absolute atomic E-state index is 0.112. The van der Waals surface area contributed by atoms with Gasteiger partial charge in [-0.15, -0.1) is 0 Å². The highest BCUT2D eigenvalue weighted by Gasteiger charge is 2.20. The topological polar surface area (TPSA) is 65.1 Å². The molecular formula is C15H30N4O. The maximum atomic E-state index is 5.75. The third-order valence-electron chi connectivity index (χ3n) is 3.63. The molecule has 1 heterocycles. The third-order valence-corrected chi connectivity index (χ3v) is 3.63. The zero-order valence-corrected chi connectivity index (χ0v) is 13.2. The van der Waals surface area contributed by atoms with Gasteiger partial charge in [-0.1, -0.05) is 46.0 Å². The van der Waals surface area contributed by atoms with Crippen molar-refractivity contribution < 1.29 is 4.74 Å². The van der Waals surface area contributed by atoms with Gasteiger partial charge >= 0.3 is 0 Å². The van der Waals surface area contributed by atoms with Crippen LogP contribution in [-0.2, 0) is 6.54 Å². The Bertz CT molecular complexity index is 365. The van der Waals surface area contributed by atoms with Gasteiger partial charge in [0.2, 0.25) is 0 Å². The number of hydrogen-bond acceptors (Lipinski definition) is 4. The number of hydrazine groups is 1. The number of methoxy groups -OCH3 is 1. The molecule has 0 aliphatic heterocycles. The van der Waals surface area contributed by atoms with E-state index in [1.165, 1.54) is 32.1 Å². The molecule has 1 atom stereocenters. The van der Waals surface area contributed by atoms with Crippen LogP contribution in [0.3, 0.4) is 0 Å². The Morgan fingerprint density at radius 3 is 2.60 bits per heavy atom. The average molecular weight is 282 g/mol. The number of hydrogen-bond donors (Lipinski definition) is 2. The van der Waals surface area contributed by atoms with Gasteiger partial charge in [0, 0.05) is 6.54 Å². The lowest BCUT2D eigenvalue weighted by atomic mass is 10.0. The van der Waals surface area contributed by atoms with Gasteiger partial charge in [-0.3, -0.25) is 16.0 Å². The van der Waals surface area contributed by atoms with Crippen molar-refractivity contribution in [1.82, 2.24) is 15.2 Å². The maximum absolute atomic E-state index is 5.75. The highest BCUT2D eigenvalue weighted by Crippen LogP contribution is 2.28. The molecule has 3 N–H and O–H groups in total. The summed E-state index contributed by atoms with van der Waals surface area (Å²) in [4.78, 5) is 0. The molecule has 116 valence electrons. The van der Waals surface area contributed by atoms with Crippen LogP contribution in [-0.4, -0.2) is 16.9 Å². The molecule has 0 aliphatic rings. The minimum Gasteiger partial charge on any atom is -0.493 e. The predicted molar refractivity (Wildman–Crippen MR) is 82.5 cm³/mol. The van der Waals surface area contributed by atoms with Crippen molar-refractivity contribution >= 4 is 0 Å². The second-order valence-corrected chi connectivity index (χ2v) is 5.24. The van der Waals surface area contributed by atoms with Gasteiger partial charge < -0.3 is 4.74 Å². The van der Waals surface area contributed by atoms with Gasteiger partial charge in [0.15, 0.2) is 5.75 Å². The van der Waals surface area contributed by atoms with Crippen LogP contribution in [0.4, 0.5) is 0 Å². The number of aromatic nitrogens is 2. The van der Waals surface area contributed by atoms with Gasteiger partial charge in [0.05, 0.1) is 25.0 Å². The summed E-state index contributed by atoms with van der Waals surface area (Å²) in [5.74, 6) is 6.58. The fourth-order valence-corrected chi connectivity index (χ4v) is 2.53. The molecular weight excluding hydrogens is 252 g/mol. The lowest BCUT2D eigenvalue weighted by molar-refractivity contribution is 0.380. The lowest BCUT2D eigenvalue weighted by Crippen LogP contribution is -2.30. The fourth-order valence-electron chi connectivity index (χ4n) is 2.53. The van der Waals surface area contributed by atoms with E-state index in [1.807, 2.05) is 4.68 Å². The summed E-state index contributed by atoms with van der Waals surface area (Å²) in [6.45, 7) is 5.28. The van der Waals surface area contributed by atoms with Crippen molar-refractivity contribution in [3.8, 4) is 5.75 Å². The second kappa shape index (κ2) is 9.77. The molecule has 5 nitrogen and oxygen atoms in total. The largest absolute Gasteiger partial charge is 0.493 e. The van der Waals surface area contributed by atoms with E-state index in [-0.39, 0.29) is 6.04 Å². The van der Waals surface area contributed by atoms with Crippen LogP contribution < -0.4 is 16.0 Å². The fraction of sp³-hybridized carbons (Fsp3) is 0.800. The number of nitrogens with two attached hydrogens (primary N) is 1. The summed E-state index contributed by atoms with van der Waals surface area (Å²) in [5, 5.41) is 4.40. The summed E-state index contributed by atoms with van der Waals surface area (Å²) >= 11 is 0. The highest BCUT2D eigenvalue weighted by molar-refractivity contribution is 5.28. The molecule has 0 radical (unpaired) electrons. The van der Waals surface area contributed by atoms with Gasteiger partial charge in [0.25, 0.3) is 0 Å². The standard InChI is InChI=1S/C15H30N4O/c1-4-6-7-8-9-10-13(18-16)15-14(20-3)12-17-19(15)11-5-2/h12-13,18H,4-11,16H2,1-3H3. The van der Waals surface area contributed by atoms with E-state index in [9.17, 15) is 0 Å². The van der Waals surface area contributed by atoms with Crippen molar-refractivity contribution in [3.63, 3.8) is 0 Å². The molecule has 0 spiro atoms. The van der Waals surface area contributed by atoms with Crippen molar-refractivity contribution in [3.05, 3.63) is 11.9 Å². The first-order valence-corrected chi connectivity index (χ1v) is 7.84. The Morgan fingerprint density at radius 1 is 1.25 bits per heavy atom. The summed E-state index contributed by atoms with van der Waals surface area (Å²) in [7, 11) is 1.69. The van der Waals surface area contributed by atoms with Gasteiger partial charge in [-0.2, -0.15) is 5.10 Å². The molecule has 0 aromatic carbocycles. The first-order valence-electron chi connectivity index (χ1n) is 7.84. The number of nitrogens with one attached hydrogen (secondary N) is 1. The molecule has 0 saturated carbocycles. The number of aryl methyl sites for hydroxylation is 1. The quantitative estimate of drug-likeness (QED) is 0.372. The second-order valence-electron chi connectivity index (χ2n) is 5.24. The summed E-state index contributed by atoms with van der Waals surface area (Å²) in [5.41, 5.74) is 4.00. The van der Waals surface area contributed by atoms with Crippen molar-refractivity contribution in [2.45, 2.75) is 71.4 Å². The normalized spacial score (nSPS) is 12.6. The van der Waals surface area contributed by atoms with Crippen LogP contribution in [0.5, 0.6) is 5.75 Å². The number of ether oxygens (including phenoxy) is 1. The molecule has 1 aromatic rings. The maximum Gasteiger partial charge on any atom is 0.161 e. The van der Waals surface area contributed by atoms with E-state index in [0.717, 1.165) is 30.8 Å². The minimum atomic E-state index is 0.112. The Morgan fingerprint density at radius 2 is 2.00 bits per heavy atom. The average Bonchev–Trinajstić information content (AvgIpc) is 2.86. The monoisotopic (exact) mass is 282 g/mol. The van der Waals surface area contributed by atoms with E-state index in [1.54, 1.807) is 13.3 Å². The summed E-state index contributed by atoms with van der Waals surface area (Å²) in [6.07, 6.45) is 10.2.